The minimum Gasteiger partial charge on any atom is -0.462 e. The average molecular weight is 955 g/mol. The van der Waals surface area contributed by atoms with Crippen molar-refractivity contribution in [1.29, 1.82) is 0 Å². The highest BCUT2D eigenvalue weighted by atomic mass is 31.2. The summed E-state index contributed by atoms with van der Waals surface area (Å²) in [5.41, 5.74) is 0. The van der Waals surface area contributed by atoms with Gasteiger partial charge in [0.25, 0.3) is 0 Å². The number of unbranched alkanes of at least 4 members (excludes halogenated alkanes) is 15. The molecule has 19 heteroatoms. The zero-order valence-corrected chi connectivity index (χ0v) is 39.9. The molecule has 9 atom stereocenters. The van der Waals surface area contributed by atoms with Crippen molar-refractivity contribution in [3.8, 4) is 0 Å². The molecule has 1 fully saturated rings. The van der Waals surface area contributed by atoms with Crippen LogP contribution in [0.15, 0.2) is 48.6 Å². The zero-order valence-electron chi connectivity index (χ0n) is 38.1. The first-order valence-corrected chi connectivity index (χ1v) is 26.3. The number of aliphatic hydroxyl groups is 5. The number of ether oxygens (including phenoxy) is 2. The van der Waals surface area contributed by atoms with Gasteiger partial charge in [-0.05, 0) is 38.5 Å². The summed E-state index contributed by atoms with van der Waals surface area (Å²) in [5, 5.41) is 51.1. The highest BCUT2D eigenvalue weighted by Gasteiger charge is 2.54. The molecule has 5 unspecified atom stereocenters. The van der Waals surface area contributed by atoms with E-state index >= 15 is 0 Å². The Bertz CT molecular complexity index is 1450. The number of carbonyl (C=O) groups excluding carboxylic acids is 2. The van der Waals surface area contributed by atoms with Crippen LogP contribution < -0.4 is 0 Å². The fourth-order valence-corrected chi connectivity index (χ4v) is 8.37. The van der Waals surface area contributed by atoms with Gasteiger partial charge in [-0.3, -0.25) is 23.2 Å². The maximum Gasteiger partial charge on any atom is 0.472 e. The van der Waals surface area contributed by atoms with Crippen molar-refractivity contribution in [1.82, 2.24) is 0 Å². The predicted octanol–water partition coefficient (Wildman–Crippen LogP) is 7.48. The summed E-state index contributed by atoms with van der Waals surface area (Å²) in [4.78, 5) is 54.2. The van der Waals surface area contributed by atoms with E-state index in [1.54, 1.807) is 6.08 Å². The van der Waals surface area contributed by atoms with E-state index in [0.29, 0.717) is 25.7 Å². The van der Waals surface area contributed by atoms with Gasteiger partial charge in [-0.2, -0.15) is 0 Å². The second kappa shape index (κ2) is 36.0. The van der Waals surface area contributed by atoms with Crippen LogP contribution in [0.1, 0.15) is 162 Å². The van der Waals surface area contributed by atoms with Crippen molar-refractivity contribution in [2.24, 2.45) is 0 Å². The number of carbonyl (C=O) groups is 2. The molecule has 0 aromatic rings. The van der Waals surface area contributed by atoms with Gasteiger partial charge < -0.3 is 49.7 Å². The lowest BCUT2D eigenvalue weighted by Gasteiger charge is -2.43. The Kier molecular flexibility index (Phi) is 33.7. The molecular formula is C45H80O17P2. The summed E-state index contributed by atoms with van der Waals surface area (Å²) in [7, 11) is -10.7. The molecule has 8 N–H and O–H groups in total. The highest BCUT2D eigenvalue weighted by molar-refractivity contribution is 7.47. The number of aliphatic hydroxyl groups excluding tert-OH is 5. The van der Waals surface area contributed by atoms with Gasteiger partial charge in [-0.15, -0.1) is 0 Å². The van der Waals surface area contributed by atoms with E-state index in [0.717, 1.165) is 57.8 Å². The van der Waals surface area contributed by atoms with Crippen LogP contribution in [0.4, 0.5) is 0 Å². The van der Waals surface area contributed by atoms with E-state index in [1.165, 1.54) is 51.4 Å². The van der Waals surface area contributed by atoms with Crippen LogP contribution in [0.25, 0.3) is 0 Å². The van der Waals surface area contributed by atoms with Gasteiger partial charge in [0.2, 0.25) is 0 Å². The molecule has 1 rings (SSSR count). The van der Waals surface area contributed by atoms with Crippen LogP contribution in [0, 0.1) is 0 Å². The van der Waals surface area contributed by atoms with Gasteiger partial charge in [0, 0.05) is 12.8 Å². The Morgan fingerprint density at radius 1 is 0.578 bits per heavy atom. The smallest absolute Gasteiger partial charge is 0.462 e. The van der Waals surface area contributed by atoms with E-state index in [-0.39, 0.29) is 12.8 Å². The highest BCUT2D eigenvalue weighted by Crippen LogP contribution is 2.49. The van der Waals surface area contributed by atoms with E-state index in [4.69, 9.17) is 28.3 Å². The first-order valence-electron chi connectivity index (χ1n) is 23.3. The Morgan fingerprint density at radius 3 is 1.69 bits per heavy atom. The first-order chi connectivity index (χ1) is 30.5. The zero-order chi connectivity index (χ0) is 47.6. The molecule has 64 heavy (non-hydrogen) atoms. The van der Waals surface area contributed by atoms with E-state index < -0.39 is 89.6 Å². The van der Waals surface area contributed by atoms with Gasteiger partial charge in [0.1, 0.15) is 43.2 Å². The molecular weight excluding hydrogens is 874 g/mol. The van der Waals surface area contributed by atoms with Gasteiger partial charge in [0.05, 0.1) is 12.7 Å². The third-order valence-corrected chi connectivity index (χ3v) is 12.0. The van der Waals surface area contributed by atoms with Crippen molar-refractivity contribution in [2.75, 3.05) is 13.2 Å². The van der Waals surface area contributed by atoms with Crippen molar-refractivity contribution in [3.63, 3.8) is 0 Å². The molecule has 372 valence electrons. The molecule has 0 bridgehead atoms. The quantitative estimate of drug-likeness (QED) is 0.00979. The molecule has 0 aromatic carbocycles. The van der Waals surface area contributed by atoms with E-state index in [2.05, 4.69) is 18.4 Å². The number of esters is 2. The van der Waals surface area contributed by atoms with E-state index in [1.807, 2.05) is 42.5 Å². The number of rotatable bonds is 38. The number of phosphoric ester groups is 2. The number of hydrogen-bond donors (Lipinski definition) is 8. The lowest BCUT2D eigenvalue weighted by atomic mass is 9.85. The van der Waals surface area contributed by atoms with E-state index in [9.17, 15) is 49.1 Å². The molecule has 0 heterocycles. The summed E-state index contributed by atoms with van der Waals surface area (Å²) in [5.74, 6) is -1.30. The normalized spacial score (nSPS) is 22.7. The number of phosphoric acid groups is 2. The van der Waals surface area contributed by atoms with Crippen LogP contribution in [0.3, 0.4) is 0 Å². The largest absolute Gasteiger partial charge is 0.472 e. The van der Waals surface area contributed by atoms with Gasteiger partial charge in [0.15, 0.2) is 6.10 Å². The van der Waals surface area contributed by atoms with Crippen molar-refractivity contribution in [3.05, 3.63) is 48.6 Å². The molecule has 0 saturated heterocycles. The predicted molar refractivity (Wildman–Crippen MR) is 243 cm³/mol. The lowest BCUT2D eigenvalue weighted by Crippen LogP contribution is -2.64. The molecule has 1 aliphatic carbocycles. The topological polar surface area (TPSA) is 276 Å². The van der Waals surface area contributed by atoms with Crippen LogP contribution in [0.2, 0.25) is 0 Å². The lowest BCUT2D eigenvalue weighted by molar-refractivity contribution is -0.216. The molecule has 0 aliphatic heterocycles. The Balaban J connectivity index is 2.67. The summed E-state index contributed by atoms with van der Waals surface area (Å²) < 4.78 is 49.2. The maximum absolute atomic E-state index is 13.0. The molecule has 0 spiro atoms. The minimum atomic E-state index is -5.37. The van der Waals surface area contributed by atoms with Gasteiger partial charge in [-0.25, -0.2) is 9.13 Å². The third-order valence-electron chi connectivity index (χ3n) is 10.5. The SMILES string of the molecule is CCCCCCCCCCCCCCCC(=O)OC[C@H](COP(=O)(O)O[C@H]1C(O)C(O)C(O)[C@@H](OP(=O)(O)O)C1O)OC(=O)CCC/C=C\C/C=C\C/C=C\C=C\[C@@H](O)CCCCC. The van der Waals surface area contributed by atoms with Gasteiger partial charge in [-0.1, -0.05) is 159 Å². The Morgan fingerprint density at radius 2 is 1.09 bits per heavy atom. The standard InChI is InChI=1S/C45H80O17P2/c1-3-5-7-8-9-10-11-12-15-18-21-24-28-32-38(47)58-34-37(35-59-64(56,57)62-45-42(51)40(49)41(50)44(43(45)52)61-63(53,54)55)60-39(48)33-29-25-22-19-16-13-14-17-20-23-27-31-36(46)30-26-6-4-2/h13-14,19-20,22-23,27,31,36-37,40-46,49-52H,3-12,15-18,21,24-26,28-30,32-35H2,1-2H3,(H,56,57)(H2,53,54,55)/b14-13-,22-19-,23-20-,31-27+/t36-,37+,40?,41?,42?,43?,44+,45-/m0/s1. The molecule has 0 aromatic heterocycles. The maximum atomic E-state index is 13.0. The molecule has 1 aliphatic rings. The first kappa shape index (κ1) is 59.9. The van der Waals surface area contributed by atoms with Crippen molar-refractivity contribution in [2.45, 2.75) is 210 Å². The fourth-order valence-electron chi connectivity index (χ4n) is 6.83. The molecule has 0 amide bonds. The second-order valence-electron chi connectivity index (χ2n) is 16.3. The summed E-state index contributed by atoms with van der Waals surface area (Å²) >= 11 is 0. The summed E-state index contributed by atoms with van der Waals surface area (Å²) in [6.45, 7) is 2.93. The van der Waals surface area contributed by atoms with Crippen LogP contribution >= 0.6 is 15.6 Å². The van der Waals surface area contributed by atoms with Crippen molar-refractivity contribution < 1.29 is 82.0 Å². The van der Waals surface area contributed by atoms with Crippen LogP contribution in [-0.2, 0) is 41.8 Å². The number of hydrogen-bond acceptors (Lipinski definition) is 14. The average Bonchev–Trinajstić information content (AvgIpc) is 3.24. The Hall–Kier alpha value is -2.08. The Labute approximate surface area is 380 Å². The monoisotopic (exact) mass is 954 g/mol. The second-order valence-corrected chi connectivity index (χ2v) is 18.9. The van der Waals surface area contributed by atoms with Crippen LogP contribution in [-0.4, -0.2) is 114 Å². The minimum absolute atomic E-state index is 0.0515. The van der Waals surface area contributed by atoms with Crippen LogP contribution in [0.5, 0.6) is 0 Å². The fraction of sp³-hybridized carbons (Fsp3) is 0.778. The van der Waals surface area contributed by atoms with Crippen molar-refractivity contribution >= 4 is 27.6 Å². The third kappa shape index (κ3) is 30.3. The molecule has 1 saturated carbocycles. The number of allylic oxidation sites excluding steroid dienone is 7. The molecule has 17 nitrogen and oxygen atoms in total. The summed E-state index contributed by atoms with van der Waals surface area (Å²) in [6, 6.07) is 0. The summed E-state index contributed by atoms with van der Waals surface area (Å²) in [6.07, 6.45) is 21.2. The molecule has 0 radical (unpaired) electrons. The van der Waals surface area contributed by atoms with Gasteiger partial charge >= 0.3 is 27.6 Å².